The Bertz CT molecular complexity index is 1190. The van der Waals surface area contributed by atoms with Gasteiger partial charge >= 0.3 is 0 Å². The van der Waals surface area contributed by atoms with Crippen molar-refractivity contribution in [3.63, 3.8) is 0 Å². The summed E-state index contributed by atoms with van der Waals surface area (Å²) in [4.78, 5) is 14.5. The predicted molar refractivity (Wildman–Crippen MR) is 130 cm³/mol. The number of halogens is 3. The van der Waals surface area contributed by atoms with E-state index in [9.17, 15) is 22.0 Å². The second kappa shape index (κ2) is 10.4. The average molecular weight is 527 g/mol. The fraction of sp³-hybridized carbons (Fsp3) is 0.480. The molecule has 2 aromatic carbocycles. The van der Waals surface area contributed by atoms with Crippen molar-refractivity contribution in [3.05, 3.63) is 63.7 Å². The lowest BCUT2D eigenvalue weighted by molar-refractivity contribution is 0.0977. The molecule has 1 aliphatic heterocycles. The third kappa shape index (κ3) is 6.71. The molecule has 4 rings (SSSR count). The summed E-state index contributed by atoms with van der Waals surface area (Å²) in [6.45, 7) is 4.09. The minimum Gasteiger partial charge on any atom is -0.493 e. The van der Waals surface area contributed by atoms with Crippen molar-refractivity contribution in [1.82, 2.24) is 9.62 Å². The van der Waals surface area contributed by atoms with Gasteiger partial charge in [-0.2, -0.15) is 0 Å². The molecule has 35 heavy (non-hydrogen) atoms. The Kier molecular flexibility index (Phi) is 7.68. The lowest BCUT2D eigenvalue weighted by atomic mass is 9.95. The van der Waals surface area contributed by atoms with Gasteiger partial charge in [-0.3, -0.25) is 9.69 Å². The van der Waals surface area contributed by atoms with Crippen molar-refractivity contribution in [2.24, 2.45) is 5.92 Å². The normalized spacial score (nSPS) is 18.3. The lowest BCUT2D eigenvalue weighted by Crippen LogP contribution is -2.37. The minimum absolute atomic E-state index is 0.0336. The van der Waals surface area contributed by atoms with Gasteiger partial charge in [0.15, 0.2) is 0 Å². The van der Waals surface area contributed by atoms with Crippen molar-refractivity contribution in [1.29, 1.82) is 0 Å². The van der Waals surface area contributed by atoms with Crippen LogP contribution in [0.1, 0.15) is 66.1 Å². The molecule has 0 bridgehead atoms. The Labute approximate surface area is 209 Å². The lowest BCUT2D eigenvalue weighted by Gasteiger charge is -2.36. The van der Waals surface area contributed by atoms with Crippen LogP contribution in [0.5, 0.6) is 5.75 Å². The van der Waals surface area contributed by atoms with Crippen molar-refractivity contribution in [2.45, 2.75) is 44.6 Å². The maximum Gasteiger partial charge on any atom is 0.267 e. The highest BCUT2D eigenvalue weighted by molar-refractivity contribution is 7.89. The van der Waals surface area contributed by atoms with Crippen molar-refractivity contribution in [2.75, 3.05) is 26.0 Å². The first-order valence-electron chi connectivity index (χ1n) is 11.7. The molecular weight excluding hydrogens is 498 g/mol. The fourth-order valence-electron chi connectivity index (χ4n) is 4.55. The topological polar surface area (TPSA) is 75.7 Å². The van der Waals surface area contributed by atoms with Gasteiger partial charge in [-0.25, -0.2) is 21.9 Å². The molecule has 1 unspecified atom stereocenters. The van der Waals surface area contributed by atoms with E-state index in [1.807, 2.05) is 11.6 Å². The molecule has 1 saturated carbocycles. The van der Waals surface area contributed by atoms with Crippen LogP contribution >= 0.6 is 11.6 Å². The molecule has 0 spiro atoms. The highest BCUT2D eigenvalue weighted by Gasteiger charge is 2.31. The second-order valence-electron chi connectivity index (χ2n) is 9.52. The van der Waals surface area contributed by atoms with E-state index >= 15 is 0 Å². The first-order chi connectivity index (χ1) is 16.5. The molecule has 1 aliphatic carbocycles. The number of likely N-dealkylation sites (tertiary alicyclic amines) is 1. The number of nitrogens with zero attached hydrogens (tertiary/aromatic N) is 1. The van der Waals surface area contributed by atoms with E-state index in [-0.39, 0.29) is 29.3 Å². The number of hydrogen-bond donors (Lipinski definition) is 1. The molecular formula is C25H29ClF2N2O4S. The Hall–Kier alpha value is -2.23. The van der Waals surface area contributed by atoms with Crippen LogP contribution < -0.4 is 9.46 Å². The average Bonchev–Trinajstić information content (AvgIpc) is 3.61. The molecule has 1 saturated heterocycles. The number of carbonyl (C=O) groups is 1. The van der Waals surface area contributed by atoms with Gasteiger partial charge < -0.3 is 4.74 Å². The summed E-state index contributed by atoms with van der Waals surface area (Å²) in [5.74, 6) is -1.29. The Balaban J connectivity index is 1.38. The second-order valence-corrected chi connectivity index (χ2v) is 11.7. The summed E-state index contributed by atoms with van der Waals surface area (Å²) in [5.41, 5.74) is 1.28. The molecule has 1 N–H and O–H groups in total. The maximum atomic E-state index is 14.7. The van der Waals surface area contributed by atoms with Gasteiger partial charge in [-0.05, 0) is 92.9 Å². The van der Waals surface area contributed by atoms with Crippen molar-refractivity contribution >= 4 is 27.5 Å². The fourth-order valence-corrected chi connectivity index (χ4v) is 5.23. The SMILES string of the molecule is CC(c1cc(F)cc(Cl)c1)N1CCC(COc2cc(F)c(C(=O)NS(C)(=O)=O)cc2C2CC2)CC1. The van der Waals surface area contributed by atoms with E-state index in [1.165, 1.54) is 24.3 Å². The predicted octanol–water partition coefficient (Wildman–Crippen LogP) is 5.04. The van der Waals surface area contributed by atoms with Gasteiger partial charge in [0.25, 0.3) is 5.91 Å². The van der Waals surface area contributed by atoms with Crippen LogP contribution in [0, 0.1) is 17.6 Å². The molecule has 10 heteroatoms. The third-order valence-corrected chi connectivity index (χ3v) is 7.45. The monoisotopic (exact) mass is 526 g/mol. The first kappa shape index (κ1) is 25.9. The van der Waals surface area contributed by atoms with E-state index in [0.29, 0.717) is 17.4 Å². The maximum absolute atomic E-state index is 14.7. The summed E-state index contributed by atoms with van der Waals surface area (Å²) < 4.78 is 59.0. The summed E-state index contributed by atoms with van der Waals surface area (Å²) in [6.07, 6.45) is 4.43. The quantitative estimate of drug-likeness (QED) is 0.522. The highest BCUT2D eigenvalue weighted by Crippen LogP contribution is 2.45. The standard InChI is InChI=1S/C25H29ClF2N2O4S/c1-15(18-9-19(26)11-20(27)10-18)30-7-5-16(6-8-30)14-34-24-13-23(28)22(12-21(24)17-3-4-17)25(31)29-35(2,32)33/h9-13,15-17H,3-8,14H2,1-2H3,(H,29,31). The number of carbonyl (C=O) groups excluding carboxylic acids is 1. The summed E-state index contributed by atoms with van der Waals surface area (Å²) in [6, 6.07) is 7.24. The van der Waals surface area contributed by atoms with Gasteiger partial charge in [0.1, 0.15) is 17.4 Å². The van der Waals surface area contributed by atoms with Crippen LogP contribution in [0.2, 0.25) is 5.02 Å². The van der Waals surface area contributed by atoms with Crippen LogP contribution in [0.3, 0.4) is 0 Å². The molecule has 1 heterocycles. The van der Waals surface area contributed by atoms with Crippen LogP contribution in [0.25, 0.3) is 0 Å². The summed E-state index contributed by atoms with van der Waals surface area (Å²) >= 11 is 6.01. The van der Waals surface area contributed by atoms with Crippen LogP contribution in [0.15, 0.2) is 30.3 Å². The number of amides is 1. The molecule has 1 amide bonds. The van der Waals surface area contributed by atoms with E-state index in [0.717, 1.165) is 56.2 Å². The van der Waals surface area contributed by atoms with Crippen LogP contribution in [0.4, 0.5) is 8.78 Å². The molecule has 2 aromatic rings. The number of sulfonamides is 1. The zero-order valence-corrected chi connectivity index (χ0v) is 21.3. The van der Waals surface area contributed by atoms with E-state index < -0.39 is 21.7 Å². The van der Waals surface area contributed by atoms with Gasteiger partial charge in [0.05, 0.1) is 18.4 Å². The molecule has 2 aliphatic rings. The largest absolute Gasteiger partial charge is 0.493 e. The van der Waals surface area contributed by atoms with E-state index in [1.54, 1.807) is 6.07 Å². The van der Waals surface area contributed by atoms with Gasteiger partial charge in [0, 0.05) is 17.1 Å². The van der Waals surface area contributed by atoms with E-state index in [2.05, 4.69) is 4.90 Å². The molecule has 0 aromatic heterocycles. The smallest absolute Gasteiger partial charge is 0.267 e. The third-order valence-electron chi connectivity index (χ3n) is 6.68. The molecule has 0 radical (unpaired) electrons. The number of rotatable bonds is 8. The Morgan fingerprint density at radius 3 is 2.43 bits per heavy atom. The van der Waals surface area contributed by atoms with Crippen LogP contribution in [-0.2, 0) is 10.0 Å². The highest BCUT2D eigenvalue weighted by atomic mass is 35.5. The Morgan fingerprint density at radius 1 is 1.14 bits per heavy atom. The number of hydrogen-bond acceptors (Lipinski definition) is 5. The number of ether oxygens (including phenoxy) is 1. The minimum atomic E-state index is -3.80. The molecule has 2 fully saturated rings. The van der Waals surface area contributed by atoms with Gasteiger partial charge in [0.2, 0.25) is 10.0 Å². The summed E-state index contributed by atoms with van der Waals surface area (Å²) in [7, 11) is -3.80. The molecule has 6 nitrogen and oxygen atoms in total. The van der Waals surface area contributed by atoms with Crippen molar-refractivity contribution in [3.8, 4) is 5.75 Å². The van der Waals surface area contributed by atoms with Crippen molar-refractivity contribution < 1.29 is 26.7 Å². The summed E-state index contributed by atoms with van der Waals surface area (Å²) in [5, 5.41) is 0.383. The zero-order chi connectivity index (χ0) is 25.3. The number of nitrogens with one attached hydrogen (secondary N) is 1. The number of piperidine rings is 1. The zero-order valence-electron chi connectivity index (χ0n) is 19.7. The van der Waals surface area contributed by atoms with Gasteiger partial charge in [-0.1, -0.05) is 11.6 Å². The number of benzene rings is 2. The van der Waals surface area contributed by atoms with Gasteiger partial charge in [-0.15, -0.1) is 0 Å². The first-order valence-corrected chi connectivity index (χ1v) is 14.0. The van der Waals surface area contributed by atoms with E-state index in [4.69, 9.17) is 16.3 Å². The van der Waals surface area contributed by atoms with Crippen LogP contribution in [-0.4, -0.2) is 45.2 Å². The molecule has 1 atom stereocenters. The Morgan fingerprint density at radius 2 is 1.83 bits per heavy atom. The molecule has 190 valence electrons.